The summed E-state index contributed by atoms with van der Waals surface area (Å²) >= 11 is 0. The Kier molecular flexibility index (Phi) is 3.37. The standard InChI is InChI=1S/C13H17N3/c1-3-14-12(11-7-5-4-6-8-11)13-15-9-10-16(13)2/h4-10,12,14H,3H2,1-2H3. The molecule has 0 spiro atoms. The lowest BCUT2D eigenvalue weighted by molar-refractivity contribution is 0.577. The molecule has 0 saturated heterocycles. The zero-order valence-electron chi connectivity index (χ0n) is 9.72. The summed E-state index contributed by atoms with van der Waals surface area (Å²) in [5, 5.41) is 3.46. The number of nitrogens with one attached hydrogen (secondary N) is 1. The molecule has 0 bridgehead atoms. The molecule has 0 aliphatic carbocycles. The van der Waals surface area contributed by atoms with Crippen LogP contribution in [0.15, 0.2) is 42.7 Å². The zero-order chi connectivity index (χ0) is 11.4. The van der Waals surface area contributed by atoms with Crippen LogP contribution in [0.1, 0.15) is 24.4 Å². The Morgan fingerprint density at radius 2 is 2.06 bits per heavy atom. The summed E-state index contributed by atoms with van der Waals surface area (Å²) in [6.45, 7) is 3.03. The van der Waals surface area contributed by atoms with E-state index in [2.05, 4.69) is 46.1 Å². The van der Waals surface area contributed by atoms with Gasteiger partial charge in [0.25, 0.3) is 0 Å². The molecule has 1 aromatic carbocycles. The number of benzene rings is 1. The van der Waals surface area contributed by atoms with E-state index in [1.165, 1.54) is 5.56 Å². The van der Waals surface area contributed by atoms with Crippen molar-refractivity contribution in [1.82, 2.24) is 14.9 Å². The molecule has 0 saturated carbocycles. The molecule has 0 aliphatic rings. The number of rotatable bonds is 4. The van der Waals surface area contributed by atoms with Gasteiger partial charge in [-0.2, -0.15) is 0 Å². The van der Waals surface area contributed by atoms with Crippen LogP contribution in [0.25, 0.3) is 0 Å². The van der Waals surface area contributed by atoms with Crippen molar-refractivity contribution in [2.75, 3.05) is 6.54 Å². The fourth-order valence-electron chi connectivity index (χ4n) is 1.86. The van der Waals surface area contributed by atoms with Gasteiger partial charge in [-0.25, -0.2) is 4.98 Å². The van der Waals surface area contributed by atoms with E-state index in [9.17, 15) is 0 Å². The highest BCUT2D eigenvalue weighted by molar-refractivity contribution is 5.25. The van der Waals surface area contributed by atoms with E-state index in [4.69, 9.17) is 0 Å². The Bertz CT molecular complexity index is 433. The third kappa shape index (κ3) is 2.14. The highest BCUT2D eigenvalue weighted by Gasteiger charge is 2.16. The molecule has 16 heavy (non-hydrogen) atoms. The molecule has 1 heterocycles. The first kappa shape index (κ1) is 10.9. The lowest BCUT2D eigenvalue weighted by atomic mass is 10.1. The molecule has 2 aromatic rings. The molecule has 0 aliphatic heterocycles. The van der Waals surface area contributed by atoms with Crippen LogP contribution in [0, 0.1) is 0 Å². The summed E-state index contributed by atoms with van der Waals surface area (Å²) in [5.41, 5.74) is 1.25. The van der Waals surface area contributed by atoms with Crippen LogP contribution in [-0.4, -0.2) is 16.1 Å². The summed E-state index contributed by atoms with van der Waals surface area (Å²) in [6.07, 6.45) is 3.81. The first-order valence-electron chi connectivity index (χ1n) is 5.58. The van der Waals surface area contributed by atoms with Crippen LogP contribution >= 0.6 is 0 Å². The highest BCUT2D eigenvalue weighted by Crippen LogP contribution is 2.19. The number of aromatic nitrogens is 2. The zero-order valence-corrected chi connectivity index (χ0v) is 9.72. The van der Waals surface area contributed by atoms with E-state index in [-0.39, 0.29) is 6.04 Å². The van der Waals surface area contributed by atoms with Crippen molar-refractivity contribution in [3.8, 4) is 0 Å². The van der Waals surface area contributed by atoms with Crippen molar-refractivity contribution in [2.45, 2.75) is 13.0 Å². The molecule has 0 radical (unpaired) electrons. The minimum atomic E-state index is 0.172. The SMILES string of the molecule is CCNC(c1ccccc1)c1nccn1C. The molecule has 0 fully saturated rings. The number of hydrogen-bond donors (Lipinski definition) is 1. The number of nitrogens with zero attached hydrogens (tertiary/aromatic N) is 2. The van der Waals surface area contributed by atoms with Crippen molar-refractivity contribution in [3.05, 3.63) is 54.1 Å². The second-order valence-corrected chi connectivity index (χ2v) is 3.80. The van der Waals surface area contributed by atoms with Gasteiger partial charge in [0.15, 0.2) is 0 Å². The van der Waals surface area contributed by atoms with Crippen molar-refractivity contribution >= 4 is 0 Å². The normalized spacial score (nSPS) is 12.6. The van der Waals surface area contributed by atoms with Crippen LogP contribution < -0.4 is 5.32 Å². The molecule has 1 atom stereocenters. The van der Waals surface area contributed by atoms with Crippen molar-refractivity contribution in [3.63, 3.8) is 0 Å². The predicted molar refractivity (Wildman–Crippen MR) is 65.2 cm³/mol. The summed E-state index contributed by atoms with van der Waals surface area (Å²) < 4.78 is 2.06. The van der Waals surface area contributed by atoms with Gasteiger partial charge in [-0.1, -0.05) is 37.3 Å². The van der Waals surface area contributed by atoms with E-state index >= 15 is 0 Å². The van der Waals surface area contributed by atoms with Gasteiger partial charge in [0.2, 0.25) is 0 Å². The molecule has 3 heteroatoms. The molecule has 84 valence electrons. The Hall–Kier alpha value is -1.61. The van der Waals surface area contributed by atoms with E-state index in [0.29, 0.717) is 0 Å². The fourth-order valence-corrected chi connectivity index (χ4v) is 1.86. The Morgan fingerprint density at radius 3 is 2.62 bits per heavy atom. The quantitative estimate of drug-likeness (QED) is 0.846. The predicted octanol–water partition coefficient (Wildman–Crippen LogP) is 2.12. The maximum Gasteiger partial charge on any atom is 0.130 e. The maximum atomic E-state index is 4.41. The van der Waals surface area contributed by atoms with Gasteiger partial charge in [-0.15, -0.1) is 0 Å². The van der Waals surface area contributed by atoms with Gasteiger partial charge in [-0.3, -0.25) is 0 Å². The molecule has 3 nitrogen and oxygen atoms in total. The van der Waals surface area contributed by atoms with Gasteiger partial charge >= 0.3 is 0 Å². The first-order chi connectivity index (χ1) is 7.83. The summed E-state index contributed by atoms with van der Waals surface area (Å²) in [7, 11) is 2.02. The van der Waals surface area contributed by atoms with Crippen LogP contribution in [0.2, 0.25) is 0 Å². The minimum Gasteiger partial charge on any atom is -0.336 e. The van der Waals surface area contributed by atoms with E-state index in [0.717, 1.165) is 12.4 Å². The monoisotopic (exact) mass is 215 g/mol. The second kappa shape index (κ2) is 4.94. The van der Waals surface area contributed by atoms with Crippen LogP contribution in [0.5, 0.6) is 0 Å². The molecule has 1 N–H and O–H groups in total. The average molecular weight is 215 g/mol. The molecular formula is C13H17N3. The minimum absolute atomic E-state index is 0.172. The van der Waals surface area contributed by atoms with Gasteiger partial charge in [0.05, 0.1) is 6.04 Å². The number of aryl methyl sites for hydroxylation is 1. The highest BCUT2D eigenvalue weighted by atomic mass is 15.1. The molecule has 0 amide bonds. The van der Waals surface area contributed by atoms with Gasteiger partial charge in [-0.05, 0) is 12.1 Å². The van der Waals surface area contributed by atoms with Crippen LogP contribution in [-0.2, 0) is 7.05 Å². The largest absolute Gasteiger partial charge is 0.336 e. The molecule has 1 unspecified atom stereocenters. The fraction of sp³-hybridized carbons (Fsp3) is 0.308. The topological polar surface area (TPSA) is 29.9 Å². The van der Waals surface area contributed by atoms with Crippen molar-refractivity contribution < 1.29 is 0 Å². The third-order valence-corrected chi connectivity index (χ3v) is 2.66. The van der Waals surface area contributed by atoms with E-state index in [1.54, 1.807) is 0 Å². The number of imidazole rings is 1. The van der Waals surface area contributed by atoms with Gasteiger partial charge in [0.1, 0.15) is 5.82 Å². The summed E-state index contributed by atoms with van der Waals surface area (Å²) in [6, 6.07) is 10.6. The lowest BCUT2D eigenvalue weighted by Crippen LogP contribution is -2.24. The molecular weight excluding hydrogens is 198 g/mol. The first-order valence-corrected chi connectivity index (χ1v) is 5.58. The third-order valence-electron chi connectivity index (χ3n) is 2.66. The molecule has 1 aromatic heterocycles. The van der Waals surface area contributed by atoms with Crippen LogP contribution in [0.4, 0.5) is 0 Å². The van der Waals surface area contributed by atoms with E-state index in [1.807, 2.05) is 25.5 Å². The second-order valence-electron chi connectivity index (χ2n) is 3.80. The van der Waals surface area contributed by atoms with Crippen molar-refractivity contribution in [1.29, 1.82) is 0 Å². The Morgan fingerprint density at radius 1 is 1.31 bits per heavy atom. The Labute approximate surface area is 96.1 Å². The smallest absolute Gasteiger partial charge is 0.130 e. The molecule has 2 rings (SSSR count). The summed E-state index contributed by atoms with van der Waals surface area (Å²) in [5.74, 6) is 1.05. The maximum absolute atomic E-state index is 4.41. The van der Waals surface area contributed by atoms with Gasteiger partial charge in [0, 0.05) is 19.4 Å². The summed E-state index contributed by atoms with van der Waals surface area (Å²) in [4.78, 5) is 4.41. The Balaban J connectivity index is 2.35. The average Bonchev–Trinajstić information content (AvgIpc) is 2.73. The number of hydrogen-bond acceptors (Lipinski definition) is 2. The van der Waals surface area contributed by atoms with E-state index < -0.39 is 0 Å². The van der Waals surface area contributed by atoms with Gasteiger partial charge < -0.3 is 9.88 Å². The van der Waals surface area contributed by atoms with Crippen LogP contribution in [0.3, 0.4) is 0 Å². The van der Waals surface area contributed by atoms with Crippen molar-refractivity contribution in [2.24, 2.45) is 7.05 Å². The lowest BCUT2D eigenvalue weighted by Gasteiger charge is -2.17.